The van der Waals surface area contributed by atoms with Crippen molar-refractivity contribution < 1.29 is 23.2 Å². The quantitative estimate of drug-likeness (QED) is 0.560. The number of hydrogen-bond acceptors (Lipinski definition) is 7. The maximum atomic E-state index is 13.0. The van der Waals surface area contributed by atoms with E-state index in [1.54, 1.807) is 32.2 Å². The molecule has 174 valence electrons. The van der Waals surface area contributed by atoms with E-state index in [4.69, 9.17) is 19.3 Å². The number of methoxy groups -OCH3 is 1. The zero-order valence-electron chi connectivity index (χ0n) is 18.7. The molecule has 3 N–H and O–H groups in total. The summed E-state index contributed by atoms with van der Waals surface area (Å²) in [5, 5.41) is 3.32. The monoisotopic (exact) mass is 453 g/mol. The standard InChI is InChI=1S/C24H27N3O6/c1-14-11-19-22(24(30)32-14)18(23(33-19)15-3-5-17(31-2)6-4-15)12-21(29)26-16-7-9-27(10-8-16)13-20(25)28/h3-6,11,16H,7-10,12-13H2,1-2H3,(H2,25,28)(H,26,29). The molecule has 3 heterocycles. The van der Waals surface area contributed by atoms with Crippen LogP contribution in [0, 0.1) is 6.92 Å². The number of fused-ring (bicyclic) bond motifs is 1. The van der Waals surface area contributed by atoms with E-state index < -0.39 is 5.63 Å². The van der Waals surface area contributed by atoms with Crippen LogP contribution in [-0.2, 0) is 16.0 Å². The number of nitrogens with one attached hydrogen (secondary N) is 1. The Kier molecular flexibility index (Phi) is 6.50. The van der Waals surface area contributed by atoms with Crippen molar-refractivity contribution in [3.05, 3.63) is 52.1 Å². The highest BCUT2D eigenvalue weighted by Gasteiger charge is 2.25. The van der Waals surface area contributed by atoms with Crippen LogP contribution < -0.4 is 21.4 Å². The number of nitrogens with two attached hydrogens (primary N) is 1. The lowest BCUT2D eigenvalue weighted by Crippen LogP contribution is -2.47. The minimum absolute atomic E-state index is 0.0112. The van der Waals surface area contributed by atoms with Crippen molar-refractivity contribution in [3.8, 4) is 17.1 Å². The van der Waals surface area contributed by atoms with Gasteiger partial charge in [-0.25, -0.2) is 4.79 Å². The van der Waals surface area contributed by atoms with Crippen molar-refractivity contribution in [2.45, 2.75) is 32.2 Å². The summed E-state index contributed by atoms with van der Waals surface area (Å²) >= 11 is 0. The van der Waals surface area contributed by atoms with Crippen LogP contribution in [0.15, 0.2) is 44.0 Å². The number of amides is 2. The first-order valence-corrected chi connectivity index (χ1v) is 10.8. The Hall–Kier alpha value is -3.59. The average molecular weight is 453 g/mol. The van der Waals surface area contributed by atoms with E-state index >= 15 is 0 Å². The Bertz CT molecular complexity index is 1220. The smallest absolute Gasteiger partial charge is 0.347 e. The minimum atomic E-state index is -0.531. The summed E-state index contributed by atoms with van der Waals surface area (Å²) in [5.41, 5.74) is 6.34. The lowest BCUT2D eigenvalue weighted by atomic mass is 10.0. The van der Waals surface area contributed by atoms with Gasteiger partial charge in [0.15, 0.2) is 0 Å². The van der Waals surface area contributed by atoms with Crippen LogP contribution in [0.1, 0.15) is 24.2 Å². The van der Waals surface area contributed by atoms with Crippen molar-refractivity contribution in [3.63, 3.8) is 0 Å². The van der Waals surface area contributed by atoms with Crippen LogP contribution in [0.4, 0.5) is 0 Å². The van der Waals surface area contributed by atoms with Gasteiger partial charge >= 0.3 is 5.63 Å². The molecule has 0 spiro atoms. The number of carbonyl (C=O) groups is 2. The van der Waals surface area contributed by atoms with Gasteiger partial charge in [0.05, 0.1) is 20.1 Å². The second-order valence-corrected chi connectivity index (χ2v) is 8.28. The van der Waals surface area contributed by atoms with Crippen molar-refractivity contribution in [2.75, 3.05) is 26.7 Å². The van der Waals surface area contributed by atoms with E-state index in [0.717, 1.165) is 18.4 Å². The fourth-order valence-electron chi connectivity index (χ4n) is 4.26. The minimum Gasteiger partial charge on any atom is -0.497 e. The van der Waals surface area contributed by atoms with Crippen LogP contribution in [-0.4, -0.2) is 49.5 Å². The molecule has 2 amide bonds. The van der Waals surface area contributed by atoms with Gasteiger partial charge in [0, 0.05) is 36.3 Å². The summed E-state index contributed by atoms with van der Waals surface area (Å²) in [5.74, 6) is 1.01. The van der Waals surface area contributed by atoms with Gasteiger partial charge in [-0.3, -0.25) is 14.5 Å². The van der Waals surface area contributed by atoms with E-state index in [2.05, 4.69) is 5.32 Å². The zero-order valence-corrected chi connectivity index (χ0v) is 18.7. The fourth-order valence-corrected chi connectivity index (χ4v) is 4.26. The van der Waals surface area contributed by atoms with E-state index in [-0.39, 0.29) is 36.2 Å². The van der Waals surface area contributed by atoms with Gasteiger partial charge in [0.1, 0.15) is 28.2 Å². The summed E-state index contributed by atoms with van der Waals surface area (Å²) in [6.07, 6.45) is 1.42. The number of hydrogen-bond donors (Lipinski definition) is 2. The fraction of sp³-hybridized carbons (Fsp3) is 0.375. The number of rotatable bonds is 7. The maximum absolute atomic E-state index is 13.0. The molecule has 9 nitrogen and oxygen atoms in total. The Morgan fingerprint density at radius 3 is 2.52 bits per heavy atom. The predicted octanol–water partition coefficient (Wildman–Crippen LogP) is 1.98. The second kappa shape index (κ2) is 9.50. The molecule has 2 aromatic heterocycles. The highest BCUT2D eigenvalue weighted by atomic mass is 16.5. The molecule has 1 fully saturated rings. The van der Waals surface area contributed by atoms with E-state index in [0.29, 0.717) is 41.5 Å². The highest BCUT2D eigenvalue weighted by Crippen LogP contribution is 2.33. The molecule has 3 aromatic rings. The first-order valence-electron chi connectivity index (χ1n) is 10.8. The molecule has 1 aromatic carbocycles. The topological polar surface area (TPSA) is 128 Å². The van der Waals surface area contributed by atoms with Crippen LogP contribution in [0.3, 0.4) is 0 Å². The molecule has 0 unspecified atom stereocenters. The first kappa shape index (κ1) is 22.6. The van der Waals surface area contributed by atoms with Crippen molar-refractivity contribution in [1.29, 1.82) is 0 Å². The van der Waals surface area contributed by atoms with Crippen LogP contribution >= 0.6 is 0 Å². The summed E-state index contributed by atoms with van der Waals surface area (Å²) < 4.78 is 16.5. The Labute approximate surface area is 190 Å². The van der Waals surface area contributed by atoms with E-state index in [9.17, 15) is 14.4 Å². The number of furan rings is 1. The molecule has 0 radical (unpaired) electrons. The largest absolute Gasteiger partial charge is 0.497 e. The van der Waals surface area contributed by atoms with Crippen LogP contribution in [0.5, 0.6) is 5.75 Å². The molecular formula is C24H27N3O6. The lowest BCUT2D eigenvalue weighted by Gasteiger charge is -2.31. The van der Waals surface area contributed by atoms with Gasteiger partial charge in [-0.2, -0.15) is 0 Å². The van der Waals surface area contributed by atoms with E-state index in [1.165, 1.54) is 0 Å². The molecule has 0 aliphatic carbocycles. The van der Waals surface area contributed by atoms with Gasteiger partial charge in [-0.1, -0.05) is 0 Å². The van der Waals surface area contributed by atoms with Gasteiger partial charge in [-0.15, -0.1) is 0 Å². The van der Waals surface area contributed by atoms with Crippen molar-refractivity contribution >= 4 is 22.8 Å². The molecule has 1 aliphatic rings. The van der Waals surface area contributed by atoms with Gasteiger partial charge < -0.3 is 24.6 Å². The molecule has 9 heteroatoms. The molecule has 4 rings (SSSR count). The summed E-state index contributed by atoms with van der Waals surface area (Å²) in [6, 6.07) is 8.87. The molecule has 33 heavy (non-hydrogen) atoms. The predicted molar refractivity (Wildman–Crippen MR) is 122 cm³/mol. The SMILES string of the molecule is COc1ccc(-c2oc3cc(C)oc(=O)c3c2CC(=O)NC2CCN(CC(N)=O)CC2)cc1. The number of piperidine rings is 1. The zero-order chi connectivity index (χ0) is 23.5. The molecular weight excluding hydrogens is 426 g/mol. The third kappa shape index (κ3) is 5.09. The Morgan fingerprint density at radius 2 is 1.88 bits per heavy atom. The number of likely N-dealkylation sites (tertiary alicyclic amines) is 1. The van der Waals surface area contributed by atoms with Crippen molar-refractivity contribution in [2.24, 2.45) is 5.73 Å². The first-order chi connectivity index (χ1) is 15.8. The number of benzene rings is 1. The number of primary amides is 1. The molecule has 0 saturated carbocycles. The third-order valence-corrected chi connectivity index (χ3v) is 5.85. The molecule has 0 bridgehead atoms. The van der Waals surface area contributed by atoms with E-state index in [1.807, 2.05) is 17.0 Å². The van der Waals surface area contributed by atoms with Crippen LogP contribution in [0.25, 0.3) is 22.3 Å². The number of carbonyl (C=O) groups excluding carboxylic acids is 2. The maximum Gasteiger partial charge on any atom is 0.347 e. The van der Waals surface area contributed by atoms with Crippen LogP contribution in [0.2, 0.25) is 0 Å². The highest BCUT2D eigenvalue weighted by molar-refractivity contribution is 5.92. The summed E-state index contributed by atoms with van der Waals surface area (Å²) in [7, 11) is 1.58. The van der Waals surface area contributed by atoms with Gasteiger partial charge in [-0.05, 0) is 44.0 Å². The molecule has 1 aliphatic heterocycles. The molecule has 1 saturated heterocycles. The average Bonchev–Trinajstić information content (AvgIpc) is 3.13. The van der Waals surface area contributed by atoms with Gasteiger partial charge in [0.25, 0.3) is 0 Å². The Balaban J connectivity index is 1.57. The summed E-state index contributed by atoms with van der Waals surface area (Å²) in [6.45, 7) is 3.26. The second-order valence-electron chi connectivity index (χ2n) is 8.28. The lowest BCUT2D eigenvalue weighted by molar-refractivity contribution is -0.122. The Morgan fingerprint density at radius 1 is 1.18 bits per heavy atom. The number of aryl methyl sites for hydroxylation is 1. The number of ether oxygens (including phenoxy) is 1. The summed E-state index contributed by atoms with van der Waals surface area (Å²) in [4.78, 5) is 38.7. The third-order valence-electron chi connectivity index (χ3n) is 5.85. The van der Waals surface area contributed by atoms with Crippen molar-refractivity contribution in [1.82, 2.24) is 10.2 Å². The van der Waals surface area contributed by atoms with Gasteiger partial charge in [0.2, 0.25) is 11.8 Å². The normalized spacial score (nSPS) is 15.0. The molecule has 0 atom stereocenters. The number of nitrogens with zero attached hydrogens (tertiary/aromatic N) is 1.